The highest BCUT2D eigenvalue weighted by atomic mass is 35.5. The van der Waals surface area contributed by atoms with Gasteiger partial charge in [-0.25, -0.2) is 4.39 Å². The third-order valence-electron chi connectivity index (χ3n) is 3.55. The lowest BCUT2D eigenvalue weighted by atomic mass is 10.1. The third kappa shape index (κ3) is 3.91. The molecular weight excluding hydrogens is 269 g/mol. The smallest absolute Gasteiger partial charge is 0.317 e. The maximum absolute atomic E-state index is 13.4. The van der Waals surface area contributed by atoms with Crippen LogP contribution in [0.3, 0.4) is 0 Å². The van der Waals surface area contributed by atoms with Gasteiger partial charge in [-0.3, -0.25) is 9.69 Å². The van der Waals surface area contributed by atoms with Gasteiger partial charge >= 0.3 is 5.97 Å². The van der Waals surface area contributed by atoms with E-state index in [1.165, 1.54) is 12.1 Å². The molecule has 1 fully saturated rings. The van der Waals surface area contributed by atoms with Crippen LogP contribution in [0.1, 0.15) is 31.2 Å². The quantitative estimate of drug-likeness (QED) is 0.902. The van der Waals surface area contributed by atoms with Gasteiger partial charge in [-0.1, -0.05) is 30.5 Å². The van der Waals surface area contributed by atoms with Crippen molar-refractivity contribution >= 4 is 17.6 Å². The Balaban J connectivity index is 2.09. The van der Waals surface area contributed by atoms with Crippen molar-refractivity contribution in [2.45, 2.75) is 38.3 Å². The zero-order valence-electron chi connectivity index (χ0n) is 10.6. The molecule has 0 spiro atoms. The van der Waals surface area contributed by atoms with Gasteiger partial charge in [0.2, 0.25) is 0 Å². The first-order chi connectivity index (χ1) is 9.06. The molecule has 0 radical (unpaired) electrons. The zero-order valence-corrected chi connectivity index (χ0v) is 11.4. The summed E-state index contributed by atoms with van der Waals surface area (Å²) < 4.78 is 13.4. The Morgan fingerprint density at radius 3 is 2.68 bits per heavy atom. The Hall–Kier alpha value is -1.13. The van der Waals surface area contributed by atoms with Crippen LogP contribution in [0.5, 0.6) is 0 Å². The van der Waals surface area contributed by atoms with Crippen LogP contribution in [0.4, 0.5) is 4.39 Å². The summed E-state index contributed by atoms with van der Waals surface area (Å²) in [6, 6.07) is 4.93. The molecule has 3 nitrogen and oxygen atoms in total. The number of halogens is 2. The molecule has 5 heteroatoms. The number of hydrogen-bond acceptors (Lipinski definition) is 2. The van der Waals surface area contributed by atoms with Gasteiger partial charge in [0.1, 0.15) is 5.82 Å². The fourth-order valence-electron chi connectivity index (χ4n) is 2.63. The number of hydrogen-bond donors (Lipinski definition) is 1. The van der Waals surface area contributed by atoms with Gasteiger partial charge in [0.05, 0.1) is 11.6 Å². The Morgan fingerprint density at radius 1 is 1.42 bits per heavy atom. The zero-order chi connectivity index (χ0) is 13.8. The molecule has 1 saturated carbocycles. The van der Waals surface area contributed by atoms with E-state index in [1.807, 2.05) is 4.90 Å². The number of benzene rings is 1. The van der Waals surface area contributed by atoms with Crippen LogP contribution in [-0.2, 0) is 11.3 Å². The maximum atomic E-state index is 13.4. The van der Waals surface area contributed by atoms with Crippen LogP contribution < -0.4 is 0 Å². The minimum Gasteiger partial charge on any atom is -0.480 e. The van der Waals surface area contributed by atoms with Crippen LogP contribution in [0.15, 0.2) is 18.2 Å². The molecular formula is C14H17ClFNO2. The molecule has 1 aliphatic carbocycles. The summed E-state index contributed by atoms with van der Waals surface area (Å²) >= 11 is 5.65. The van der Waals surface area contributed by atoms with Crippen LogP contribution >= 0.6 is 11.6 Å². The maximum Gasteiger partial charge on any atom is 0.317 e. The molecule has 0 bridgehead atoms. The fourth-order valence-corrected chi connectivity index (χ4v) is 2.75. The second kappa shape index (κ2) is 6.35. The van der Waals surface area contributed by atoms with Crippen molar-refractivity contribution in [3.8, 4) is 0 Å². The number of carboxylic acid groups (broad SMARTS) is 1. The lowest BCUT2D eigenvalue weighted by molar-refractivity contribution is -0.139. The summed E-state index contributed by atoms with van der Waals surface area (Å²) in [6.07, 6.45) is 4.30. The van der Waals surface area contributed by atoms with Gasteiger partial charge in [0, 0.05) is 12.6 Å². The van der Waals surface area contributed by atoms with E-state index in [0.717, 1.165) is 31.2 Å². The molecule has 1 aromatic rings. The van der Waals surface area contributed by atoms with Gasteiger partial charge < -0.3 is 5.11 Å². The van der Waals surface area contributed by atoms with Crippen molar-refractivity contribution in [3.05, 3.63) is 34.6 Å². The van der Waals surface area contributed by atoms with Gasteiger partial charge in [-0.05, 0) is 30.5 Å². The van der Waals surface area contributed by atoms with E-state index in [9.17, 15) is 9.18 Å². The second-order valence-electron chi connectivity index (χ2n) is 4.99. The molecule has 0 unspecified atom stereocenters. The highest BCUT2D eigenvalue weighted by Gasteiger charge is 2.24. The number of rotatable bonds is 5. The molecule has 104 valence electrons. The van der Waals surface area contributed by atoms with Crippen molar-refractivity contribution in [2.75, 3.05) is 6.54 Å². The largest absolute Gasteiger partial charge is 0.480 e. The first kappa shape index (κ1) is 14.3. The lowest BCUT2D eigenvalue weighted by Crippen LogP contribution is -2.37. The Labute approximate surface area is 117 Å². The minimum atomic E-state index is -0.846. The predicted octanol–water partition coefficient (Wildman–Crippen LogP) is 3.31. The predicted molar refractivity (Wildman–Crippen MR) is 71.7 cm³/mol. The first-order valence-electron chi connectivity index (χ1n) is 6.46. The van der Waals surface area contributed by atoms with Gasteiger partial charge in [-0.2, -0.15) is 0 Å². The summed E-state index contributed by atoms with van der Waals surface area (Å²) in [7, 11) is 0. The van der Waals surface area contributed by atoms with Gasteiger partial charge in [-0.15, -0.1) is 0 Å². The average molecular weight is 286 g/mol. The van der Waals surface area contributed by atoms with Crippen LogP contribution in [0.25, 0.3) is 0 Å². The number of carboxylic acids is 1. The monoisotopic (exact) mass is 285 g/mol. The topological polar surface area (TPSA) is 40.5 Å². The Morgan fingerprint density at radius 2 is 2.11 bits per heavy atom. The molecule has 19 heavy (non-hydrogen) atoms. The van der Waals surface area contributed by atoms with E-state index in [2.05, 4.69) is 0 Å². The lowest BCUT2D eigenvalue weighted by Gasteiger charge is -2.27. The van der Waals surface area contributed by atoms with E-state index in [4.69, 9.17) is 16.7 Å². The summed E-state index contributed by atoms with van der Waals surface area (Å²) in [4.78, 5) is 12.9. The van der Waals surface area contributed by atoms with Gasteiger partial charge in [0.15, 0.2) is 0 Å². The van der Waals surface area contributed by atoms with Crippen LogP contribution in [0, 0.1) is 5.82 Å². The molecule has 0 atom stereocenters. The number of nitrogens with zero attached hydrogens (tertiary/aromatic N) is 1. The number of aliphatic carboxylic acids is 1. The highest BCUT2D eigenvalue weighted by molar-refractivity contribution is 6.30. The molecule has 2 rings (SSSR count). The van der Waals surface area contributed by atoms with Crippen molar-refractivity contribution < 1.29 is 14.3 Å². The molecule has 0 heterocycles. The molecule has 0 saturated heterocycles. The molecule has 0 aromatic heterocycles. The van der Waals surface area contributed by atoms with Crippen LogP contribution in [-0.4, -0.2) is 28.6 Å². The van der Waals surface area contributed by atoms with Crippen molar-refractivity contribution in [1.82, 2.24) is 4.90 Å². The van der Waals surface area contributed by atoms with E-state index in [-0.39, 0.29) is 17.6 Å². The summed E-state index contributed by atoms with van der Waals surface area (Å²) in [5, 5.41) is 9.08. The van der Waals surface area contributed by atoms with Gasteiger partial charge in [0.25, 0.3) is 0 Å². The fraction of sp³-hybridized carbons (Fsp3) is 0.500. The summed E-state index contributed by atoms with van der Waals surface area (Å²) in [6.45, 7) is 0.444. The van der Waals surface area contributed by atoms with E-state index < -0.39 is 11.8 Å². The van der Waals surface area contributed by atoms with Crippen molar-refractivity contribution in [2.24, 2.45) is 0 Å². The van der Waals surface area contributed by atoms with Crippen LogP contribution in [0.2, 0.25) is 5.02 Å². The number of carbonyl (C=O) groups is 1. The SMILES string of the molecule is O=C(O)CN(Cc1ccc(Cl)c(F)c1)C1CCCC1. The normalized spacial score (nSPS) is 16.2. The molecule has 1 aromatic carbocycles. The molecule has 1 aliphatic rings. The minimum absolute atomic E-state index is 0.00505. The molecule has 1 N–H and O–H groups in total. The van der Waals surface area contributed by atoms with E-state index >= 15 is 0 Å². The Bertz CT molecular complexity index is 461. The highest BCUT2D eigenvalue weighted by Crippen LogP contribution is 2.25. The standard InChI is InChI=1S/C14H17ClFNO2/c15-12-6-5-10(7-13(12)16)8-17(9-14(18)19)11-3-1-2-4-11/h5-7,11H,1-4,8-9H2,(H,18,19). The molecule has 0 aliphatic heterocycles. The summed E-state index contributed by atoms with van der Waals surface area (Å²) in [5.41, 5.74) is 0.759. The van der Waals surface area contributed by atoms with Crippen molar-refractivity contribution in [1.29, 1.82) is 0 Å². The Kier molecular flexibility index (Phi) is 4.77. The second-order valence-corrected chi connectivity index (χ2v) is 5.39. The molecule has 0 amide bonds. The third-order valence-corrected chi connectivity index (χ3v) is 3.86. The van der Waals surface area contributed by atoms with Crippen molar-refractivity contribution in [3.63, 3.8) is 0 Å². The first-order valence-corrected chi connectivity index (χ1v) is 6.84. The summed E-state index contributed by atoms with van der Waals surface area (Å²) in [5.74, 6) is -1.30. The van der Waals surface area contributed by atoms with E-state index in [0.29, 0.717) is 6.54 Å². The average Bonchev–Trinajstić information content (AvgIpc) is 2.86. The van der Waals surface area contributed by atoms with E-state index in [1.54, 1.807) is 6.07 Å².